The Hall–Kier alpha value is -3.02. The number of carbonyl (C=O) groups excluding carboxylic acids is 2. The summed E-state index contributed by atoms with van der Waals surface area (Å²) in [5.74, 6) is 0.896. The second-order valence-corrected chi connectivity index (χ2v) is 11.2. The van der Waals surface area contributed by atoms with Crippen LogP contribution in [0.3, 0.4) is 0 Å². The number of nitrogens with zero attached hydrogens (tertiary/aromatic N) is 2. The van der Waals surface area contributed by atoms with Gasteiger partial charge in [0.25, 0.3) is 5.91 Å². The van der Waals surface area contributed by atoms with E-state index in [9.17, 15) is 9.59 Å². The first-order chi connectivity index (χ1) is 16.1. The average Bonchev–Trinajstić information content (AvgIpc) is 3.06. The van der Waals surface area contributed by atoms with Gasteiger partial charge in [-0.2, -0.15) is 0 Å². The summed E-state index contributed by atoms with van der Waals surface area (Å²) in [6.07, 6.45) is 3.35. The Morgan fingerprint density at radius 2 is 1.82 bits per heavy atom. The average molecular weight is 464 g/mol. The normalized spacial score (nSPS) is 22.9. The zero-order valence-corrected chi connectivity index (χ0v) is 21.1. The molecule has 1 saturated heterocycles. The molecule has 2 aromatic carbocycles. The van der Waals surface area contributed by atoms with Gasteiger partial charge in [-0.3, -0.25) is 4.79 Å². The van der Waals surface area contributed by atoms with Gasteiger partial charge in [0.1, 0.15) is 5.75 Å². The Morgan fingerprint density at radius 1 is 1.09 bits per heavy atom. The first-order valence-electron chi connectivity index (χ1n) is 12.1. The van der Waals surface area contributed by atoms with E-state index in [1.165, 1.54) is 6.42 Å². The van der Waals surface area contributed by atoms with Gasteiger partial charge in [0, 0.05) is 38.3 Å². The second kappa shape index (κ2) is 9.32. The van der Waals surface area contributed by atoms with Crippen LogP contribution in [-0.4, -0.2) is 48.5 Å². The summed E-state index contributed by atoms with van der Waals surface area (Å²) in [4.78, 5) is 29.6. The van der Waals surface area contributed by atoms with Crippen LogP contribution in [-0.2, 0) is 13.1 Å². The Labute approximate surface area is 203 Å². The minimum atomic E-state index is -0.150. The molecule has 2 atom stereocenters. The van der Waals surface area contributed by atoms with Crippen LogP contribution in [0.2, 0.25) is 0 Å². The standard InChI is InChI=1S/C28H37N3O3/c1-27(2)14-23-15-28(3,18-27)19-31(23)25(32)22-11-9-20(10-12-22)17-30(4)26(33)29-16-21-7-6-8-24(13-21)34-5/h6-13,23H,14-19H2,1-5H3,(H,29,33). The number of methoxy groups -OCH3 is 1. The molecule has 2 unspecified atom stereocenters. The zero-order valence-electron chi connectivity index (χ0n) is 21.1. The van der Waals surface area contributed by atoms with Crippen LogP contribution in [0.25, 0.3) is 0 Å². The first kappa shape index (κ1) is 24.1. The molecule has 2 aliphatic rings. The number of fused-ring (bicyclic) bond motifs is 2. The van der Waals surface area contributed by atoms with Crippen molar-refractivity contribution in [3.05, 3.63) is 65.2 Å². The Morgan fingerprint density at radius 3 is 2.53 bits per heavy atom. The summed E-state index contributed by atoms with van der Waals surface area (Å²) >= 11 is 0. The molecule has 4 rings (SSSR count). The molecule has 34 heavy (non-hydrogen) atoms. The minimum Gasteiger partial charge on any atom is -0.497 e. The van der Waals surface area contributed by atoms with Crippen molar-refractivity contribution in [2.24, 2.45) is 10.8 Å². The molecular formula is C28H37N3O3. The van der Waals surface area contributed by atoms with Crippen molar-refractivity contribution >= 4 is 11.9 Å². The number of nitrogens with one attached hydrogen (secondary N) is 1. The van der Waals surface area contributed by atoms with Crippen LogP contribution in [0.15, 0.2) is 48.5 Å². The number of benzene rings is 2. The van der Waals surface area contributed by atoms with Gasteiger partial charge in [-0.05, 0) is 65.5 Å². The number of urea groups is 1. The quantitative estimate of drug-likeness (QED) is 0.650. The number of likely N-dealkylation sites (tertiary alicyclic amines) is 1. The first-order valence-corrected chi connectivity index (χ1v) is 12.1. The van der Waals surface area contributed by atoms with E-state index in [4.69, 9.17) is 4.74 Å². The van der Waals surface area contributed by atoms with Crippen LogP contribution in [0.5, 0.6) is 5.75 Å². The fourth-order valence-corrected chi connectivity index (χ4v) is 6.06. The molecule has 6 heteroatoms. The summed E-state index contributed by atoms with van der Waals surface area (Å²) in [7, 11) is 3.40. The molecule has 182 valence electrons. The predicted molar refractivity (Wildman–Crippen MR) is 134 cm³/mol. The highest BCUT2D eigenvalue weighted by Gasteiger charge is 2.51. The van der Waals surface area contributed by atoms with E-state index in [1.807, 2.05) is 48.5 Å². The number of hydrogen-bond acceptors (Lipinski definition) is 3. The molecule has 0 radical (unpaired) electrons. The molecule has 0 spiro atoms. The third-order valence-electron chi connectivity index (χ3n) is 7.22. The summed E-state index contributed by atoms with van der Waals surface area (Å²) in [6.45, 7) is 8.72. The van der Waals surface area contributed by atoms with E-state index < -0.39 is 0 Å². The Bertz CT molecular complexity index is 1050. The maximum atomic E-state index is 13.3. The van der Waals surface area contributed by atoms with Crippen molar-refractivity contribution in [2.45, 2.75) is 59.2 Å². The SMILES string of the molecule is COc1cccc(CNC(=O)N(C)Cc2ccc(C(=O)N3CC4(C)CC3CC(C)(C)C4)cc2)c1. The lowest BCUT2D eigenvalue weighted by atomic mass is 9.65. The molecule has 2 aromatic rings. The molecule has 1 N–H and O–H groups in total. The molecular weight excluding hydrogens is 426 g/mol. The van der Waals surface area contributed by atoms with Crippen molar-refractivity contribution < 1.29 is 14.3 Å². The number of amides is 3. The van der Waals surface area contributed by atoms with Gasteiger partial charge in [-0.1, -0.05) is 45.0 Å². The third-order valence-corrected chi connectivity index (χ3v) is 7.22. The smallest absolute Gasteiger partial charge is 0.317 e. The van der Waals surface area contributed by atoms with Gasteiger partial charge in [0.05, 0.1) is 7.11 Å². The van der Waals surface area contributed by atoms with Crippen LogP contribution in [0.1, 0.15) is 61.5 Å². The van der Waals surface area contributed by atoms with Crippen LogP contribution < -0.4 is 10.1 Å². The third kappa shape index (κ3) is 5.37. The number of hydrogen-bond donors (Lipinski definition) is 1. The van der Waals surface area contributed by atoms with Gasteiger partial charge in [-0.25, -0.2) is 4.79 Å². The summed E-state index contributed by atoms with van der Waals surface area (Å²) in [5, 5.41) is 2.94. The van der Waals surface area contributed by atoms with E-state index in [0.717, 1.165) is 41.8 Å². The topological polar surface area (TPSA) is 61.9 Å². The number of rotatable bonds is 6. The Kier molecular flexibility index (Phi) is 6.61. The van der Waals surface area contributed by atoms with Crippen LogP contribution in [0, 0.1) is 10.8 Å². The van der Waals surface area contributed by atoms with Crippen LogP contribution >= 0.6 is 0 Å². The molecule has 1 aliphatic carbocycles. The molecule has 1 aliphatic heterocycles. The van der Waals surface area contributed by atoms with Crippen molar-refractivity contribution in [3.63, 3.8) is 0 Å². The lowest BCUT2D eigenvalue weighted by molar-refractivity contribution is 0.0708. The van der Waals surface area contributed by atoms with E-state index >= 15 is 0 Å². The maximum Gasteiger partial charge on any atom is 0.317 e. The molecule has 6 nitrogen and oxygen atoms in total. The fourth-order valence-electron chi connectivity index (χ4n) is 6.06. The highest BCUT2D eigenvalue weighted by Crippen LogP contribution is 2.52. The number of carbonyl (C=O) groups is 2. The van der Waals surface area contributed by atoms with Gasteiger partial charge < -0.3 is 19.9 Å². The van der Waals surface area contributed by atoms with E-state index in [2.05, 4.69) is 31.0 Å². The largest absolute Gasteiger partial charge is 0.497 e. The highest BCUT2D eigenvalue weighted by molar-refractivity contribution is 5.94. The monoisotopic (exact) mass is 463 g/mol. The zero-order chi connectivity index (χ0) is 24.5. The molecule has 3 amide bonds. The van der Waals surface area contributed by atoms with Gasteiger partial charge in [-0.15, -0.1) is 0 Å². The molecule has 1 saturated carbocycles. The van der Waals surface area contributed by atoms with E-state index in [-0.39, 0.29) is 22.8 Å². The van der Waals surface area contributed by atoms with Crippen molar-refractivity contribution in [3.8, 4) is 5.75 Å². The van der Waals surface area contributed by atoms with Gasteiger partial charge in [0.2, 0.25) is 0 Å². The lowest BCUT2D eigenvalue weighted by Gasteiger charge is -2.39. The summed E-state index contributed by atoms with van der Waals surface area (Å²) in [6, 6.07) is 15.5. The van der Waals surface area contributed by atoms with Crippen LogP contribution in [0.4, 0.5) is 4.79 Å². The van der Waals surface area contributed by atoms with E-state index in [0.29, 0.717) is 19.1 Å². The predicted octanol–water partition coefficient (Wildman–Crippen LogP) is 5.08. The van der Waals surface area contributed by atoms with Gasteiger partial charge in [0.15, 0.2) is 0 Å². The number of ether oxygens (including phenoxy) is 1. The fraction of sp³-hybridized carbons (Fsp3) is 0.500. The molecule has 2 fully saturated rings. The molecule has 1 heterocycles. The van der Waals surface area contributed by atoms with E-state index in [1.54, 1.807) is 19.1 Å². The molecule has 2 bridgehead atoms. The van der Waals surface area contributed by atoms with Gasteiger partial charge >= 0.3 is 6.03 Å². The lowest BCUT2D eigenvalue weighted by Crippen LogP contribution is -2.37. The van der Waals surface area contributed by atoms with Crippen molar-refractivity contribution in [1.82, 2.24) is 15.1 Å². The molecule has 0 aromatic heterocycles. The summed E-state index contributed by atoms with van der Waals surface area (Å²) in [5.41, 5.74) is 3.20. The summed E-state index contributed by atoms with van der Waals surface area (Å²) < 4.78 is 5.23. The highest BCUT2D eigenvalue weighted by atomic mass is 16.5. The maximum absolute atomic E-state index is 13.3. The minimum absolute atomic E-state index is 0.127. The van der Waals surface area contributed by atoms with Crippen molar-refractivity contribution in [1.29, 1.82) is 0 Å². The Balaban J connectivity index is 1.32. The second-order valence-electron chi connectivity index (χ2n) is 11.2. The van der Waals surface area contributed by atoms with Crippen molar-refractivity contribution in [2.75, 3.05) is 20.7 Å².